The van der Waals surface area contributed by atoms with Gasteiger partial charge in [-0.1, -0.05) is 45.2 Å². The summed E-state index contributed by atoms with van der Waals surface area (Å²) in [7, 11) is -3.68. The number of hydrogen-bond donors (Lipinski definition) is 2. The SMILES string of the molecule is Cc1ccc(S(=O)(=O)Nc2ccc(NC(=O)c3ccc(Br)cc3Cl)cc2)cc1. The van der Waals surface area contributed by atoms with Gasteiger partial charge in [-0.2, -0.15) is 0 Å². The normalized spacial score (nSPS) is 11.1. The van der Waals surface area contributed by atoms with Crippen LogP contribution in [0.1, 0.15) is 15.9 Å². The summed E-state index contributed by atoms with van der Waals surface area (Å²) in [5, 5.41) is 3.06. The number of carbonyl (C=O) groups excluding carboxylic acids is 1. The third-order valence-electron chi connectivity index (χ3n) is 3.90. The lowest BCUT2D eigenvalue weighted by Crippen LogP contribution is -2.14. The van der Waals surface area contributed by atoms with E-state index in [-0.39, 0.29) is 10.8 Å². The van der Waals surface area contributed by atoms with Crippen LogP contribution in [0.5, 0.6) is 0 Å². The average Bonchev–Trinajstić information content (AvgIpc) is 2.63. The second-order valence-electron chi connectivity index (χ2n) is 6.07. The van der Waals surface area contributed by atoms with E-state index in [1.807, 2.05) is 6.92 Å². The van der Waals surface area contributed by atoms with Crippen LogP contribution in [0.25, 0.3) is 0 Å². The molecule has 0 radical (unpaired) electrons. The van der Waals surface area contributed by atoms with Crippen molar-refractivity contribution in [2.75, 3.05) is 10.0 Å². The first-order valence-corrected chi connectivity index (χ1v) is 10.9. The molecule has 144 valence electrons. The highest BCUT2D eigenvalue weighted by atomic mass is 79.9. The Kier molecular flexibility index (Phi) is 6.07. The number of anilines is 2. The van der Waals surface area contributed by atoms with E-state index >= 15 is 0 Å². The van der Waals surface area contributed by atoms with Gasteiger partial charge in [0.2, 0.25) is 0 Å². The number of halogens is 2. The maximum absolute atomic E-state index is 12.4. The molecule has 0 aliphatic rings. The summed E-state index contributed by atoms with van der Waals surface area (Å²) in [5.74, 6) is -0.356. The molecule has 3 rings (SSSR count). The number of aryl methyl sites for hydroxylation is 1. The van der Waals surface area contributed by atoms with Gasteiger partial charge in [0, 0.05) is 15.8 Å². The zero-order chi connectivity index (χ0) is 20.3. The number of rotatable bonds is 5. The summed E-state index contributed by atoms with van der Waals surface area (Å²) < 4.78 is 28.1. The minimum absolute atomic E-state index is 0.181. The monoisotopic (exact) mass is 478 g/mol. The molecule has 0 atom stereocenters. The quantitative estimate of drug-likeness (QED) is 0.510. The van der Waals surface area contributed by atoms with Crippen LogP contribution in [0, 0.1) is 6.92 Å². The Hall–Kier alpha value is -2.35. The van der Waals surface area contributed by atoms with Crippen molar-refractivity contribution < 1.29 is 13.2 Å². The van der Waals surface area contributed by atoms with Gasteiger partial charge in [0.25, 0.3) is 15.9 Å². The largest absolute Gasteiger partial charge is 0.322 e. The number of nitrogens with one attached hydrogen (secondary N) is 2. The summed E-state index contributed by atoms with van der Waals surface area (Å²) in [6, 6.07) is 17.9. The van der Waals surface area contributed by atoms with E-state index in [0.717, 1.165) is 10.0 Å². The summed E-state index contributed by atoms with van der Waals surface area (Å²) in [5.41, 5.74) is 2.22. The molecular weight excluding hydrogens is 464 g/mol. The molecule has 0 spiro atoms. The van der Waals surface area contributed by atoms with Crippen LogP contribution < -0.4 is 10.0 Å². The number of benzene rings is 3. The Morgan fingerprint density at radius 3 is 2.14 bits per heavy atom. The van der Waals surface area contributed by atoms with Crippen LogP contribution in [0.2, 0.25) is 5.02 Å². The topological polar surface area (TPSA) is 75.3 Å². The van der Waals surface area contributed by atoms with Crippen LogP contribution in [-0.2, 0) is 10.0 Å². The molecule has 0 saturated heterocycles. The molecule has 1 amide bonds. The lowest BCUT2D eigenvalue weighted by atomic mass is 10.2. The smallest absolute Gasteiger partial charge is 0.261 e. The fourth-order valence-corrected chi connectivity index (χ4v) is 4.24. The molecule has 5 nitrogen and oxygen atoms in total. The maximum Gasteiger partial charge on any atom is 0.261 e. The molecule has 28 heavy (non-hydrogen) atoms. The van der Waals surface area contributed by atoms with Gasteiger partial charge in [0.1, 0.15) is 0 Å². The zero-order valence-corrected chi connectivity index (χ0v) is 17.9. The molecule has 3 aromatic rings. The molecule has 0 unspecified atom stereocenters. The first-order valence-electron chi connectivity index (χ1n) is 8.20. The Morgan fingerprint density at radius 1 is 0.929 bits per heavy atom. The van der Waals surface area contributed by atoms with E-state index in [1.165, 1.54) is 0 Å². The van der Waals surface area contributed by atoms with Crippen LogP contribution in [0.15, 0.2) is 76.1 Å². The highest BCUT2D eigenvalue weighted by molar-refractivity contribution is 9.10. The first-order chi connectivity index (χ1) is 13.2. The van der Waals surface area contributed by atoms with Crippen molar-refractivity contribution in [3.63, 3.8) is 0 Å². The summed E-state index contributed by atoms with van der Waals surface area (Å²) in [6.07, 6.45) is 0. The number of amides is 1. The van der Waals surface area contributed by atoms with Crippen LogP contribution in [0.3, 0.4) is 0 Å². The molecule has 0 fully saturated rings. The minimum atomic E-state index is -3.68. The van der Waals surface area contributed by atoms with Crippen molar-refractivity contribution in [1.29, 1.82) is 0 Å². The van der Waals surface area contributed by atoms with Gasteiger partial charge < -0.3 is 5.32 Å². The lowest BCUT2D eigenvalue weighted by Gasteiger charge is -2.10. The molecule has 2 N–H and O–H groups in total. The van der Waals surface area contributed by atoms with Crippen molar-refractivity contribution in [3.05, 3.63) is 87.4 Å². The molecule has 0 aliphatic carbocycles. The molecular formula is C20H16BrClN2O3S. The highest BCUT2D eigenvalue weighted by Crippen LogP contribution is 2.23. The van der Waals surface area contributed by atoms with Gasteiger partial charge in [0.05, 0.1) is 15.5 Å². The number of carbonyl (C=O) groups is 1. The number of sulfonamides is 1. The van der Waals surface area contributed by atoms with Crippen molar-refractivity contribution >= 4 is 54.8 Å². The van der Waals surface area contributed by atoms with Crippen LogP contribution >= 0.6 is 27.5 Å². The van der Waals surface area contributed by atoms with Gasteiger partial charge in [-0.15, -0.1) is 0 Å². The van der Waals surface area contributed by atoms with Crippen molar-refractivity contribution in [2.24, 2.45) is 0 Å². The van der Waals surface area contributed by atoms with E-state index in [9.17, 15) is 13.2 Å². The van der Waals surface area contributed by atoms with E-state index in [4.69, 9.17) is 11.6 Å². The predicted molar refractivity (Wildman–Crippen MR) is 116 cm³/mol. The van der Waals surface area contributed by atoms with Gasteiger partial charge in [0.15, 0.2) is 0 Å². The molecule has 8 heteroatoms. The van der Waals surface area contributed by atoms with Crippen molar-refractivity contribution in [1.82, 2.24) is 0 Å². The molecule has 0 bridgehead atoms. The van der Waals surface area contributed by atoms with E-state index < -0.39 is 10.0 Å². The summed E-state index contributed by atoms with van der Waals surface area (Å²) in [4.78, 5) is 12.5. The fourth-order valence-electron chi connectivity index (χ4n) is 2.43. The zero-order valence-electron chi connectivity index (χ0n) is 14.7. The average molecular weight is 480 g/mol. The van der Waals surface area contributed by atoms with E-state index in [1.54, 1.807) is 66.7 Å². The molecule has 0 heterocycles. The van der Waals surface area contributed by atoms with Gasteiger partial charge in [-0.3, -0.25) is 9.52 Å². The van der Waals surface area contributed by atoms with Crippen LogP contribution in [0.4, 0.5) is 11.4 Å². The maximum atomic E-state index is 12.4. The second kappa shape index (κ2) is 8.34. The van der Waals surface area contributed by atoms with E-state index in [0.29, 0.717) is 22.0 Å². The van der Waals surface area contributed by atoms with Gasteiger partial charge in [-0.25, -0.2) is 8.42 Å². The third-order valence-corrected chi connectivity index (χ3v) is 6.11. The van der Waals surface area contributed by atoms with Gasteiger partial charge >= 0.3 is 0 Å². The third kappa shape index (κ3) is 4.92. The van der Waals surface area contributed by atoms with Gasteiger partial charge in [-0.05, 0) is 61.5 Å². The van der Waals surface area contributed by atoms with Crippen LogP contribution in [-0.4, -0.2) is 14.3 Å². The molecule has 0 aromatic heterocycles. The Morgan fingerprint density at radius 2 is 1.54 bits per heavy atom. The lowest BCUT2D eigenvalue weighted by molar-refractivity contribution is 0.102. The minimum Gasteiger partial charge on any atom is -0.322 e. The molecule has 3 aromatic carbocycles. The predicted octanol–water partition coefficient (Wildman–Crippen LogP) is 5.46. The van der Waals surface area contributed by atoms with E-state index in [2.05, 4.69) is 26.0 Å². The fraction of sp³-hybridized carbons (Fsp3) is 0.0500. The first kappa shape index (κ1) is 20.4. The molecule has 0 saturated carbocycles. The number of hydrogen-bond acceptors (Lipinski definition) is 3. The molecule has 0 aliphatic heterocycles. The van der Waals surface area contributed by atoms with Crippen molar-refractivity contribution in [2.45, 2.75) is 11.8 Å². The summed E-state index contributed by atoms with van der Waals surface area (Å²) >= 11 is 9.38. The Bertz CT molecular complexity index is 1120. The van der Waals surface area contributed by atoms with Crippen molar-refractivity contribution in [3.8, 4) is 0 Å². The second-order valence-corrected chi connectivity index (χ2v) is 9.08. The summed E-state index contributed by atoms with van der Waals surface area (Å²) in [6.45, 7) is 1.89. The Labute approximate surface area is 176 Å². The Balaban J connectivity index is 1.71. The standard InChI is InChI=1S/C20H16BrClN2O3S/c1-13-2-9-17(10-3-13)28(26,27)24-16-7-5-15(6-8-16)23-20(25)18-11-4-14(21)12-19(18)22/h2-12,24H,1H3,(H,23,25). The highest BCUT2D eigenvalue weighted by Gasteiger charge is 2.14.